The number of carbonyl (C=O) groups excluding carboxylic acids is 3. The third kappa shape index (κ3) is 42.8. The van der Waals surface area contributed by atoms with Crippen molar-refractivity contribution in [1.29, 1.82) is 0 Å². The molecule has 348 valence electrons. The van der Waals surface area contributed by atoms with Crippen LogP contribution in [-0.2, 0) is 23.9 Å². The van der Waals surface area contributed by atoms with E-state index in [1.165, 1.54) is 70.6 Å². The molecule has 61 heavy (non-hydrogen) atoms. The number of carbonyl (C=O) groups is 4. The molecule has 0 spiro atoms. The lowest BCUT2D eigenvalue weighted by Gasteiger charge is -2.18. The fraction of sp³-hybridized carbons (Fsp3) is 0.692. The van der Waals surface area contributed by atoms with Crippen molar-refractivity contribution in [2.24, 2.45) is 0 Å². The van der Waals surface area contributed by atoms with Gasteiger partial charge in [-0.3, -0.25) is 14.4 Å². The molecule has 0 aromatic carbocycles. The molecule has 0 rings (SSSR count). The van der Waals surface area contributed by atoms with E-state index < -0.39 is 24.5 Å². The van der Waals surface area contributed by atoms with Crippen molar-refractivity contribution in [3.05, 3.63) is 72.9 Å². The number of carboxylic acids is 1. The van der Waals surface area contributed by atoms with Gasteiger partial charge < -0.3 is 25.6 Å². The number of esters is 1. The molecular formula is C52H88N2O7. The van der Waals surface area contributed by atoms with Crippen LogP contribution < -0.4 is 10.6 Å². The summed E-state index contributed by atoms with van der Waals surface area (Å²) in [5.41, 5.74) is 0. The predicted molar refractivity (Wildman–Crippen MR) is 254 cm³/mol. The largest absolute Gasteiger partial charge is 0.480 e. The third-order valence-electron chi connectivity index (χ3n) is 10.5. The van der Waals surface area contributed by atoms with E-state index in [1.807, 2.05) is 0 Å². The van der Waals surface area contributed by atoms with E-state index in [0.717, 1.165) is 103 Å². The van der Waals surface area contributed by atoms with Crippen LogP contribution >= 0.6 is 0 Å². The molecule has 0 fully saturated rings. The smallest absolute Gasteiger partial charge is 0.328 e. The van der Waals surface area contributed by atoms with E-state index in [9.17, 15) is 19.2 Å². The second kappa shape index (κ2) is 45.8. The number of unbranched alkanes of at least 4 members (excludes halogenated alkanes) is 17. The van der Waals surface area contributed by atoms with Crippen LogP contribution in [0.3, 0.4) is 0 Å². The first kappa shape index (κ1) is 57.3. The van der Waals surface area contributed by atoms with Crippen molar-refractivity contribution in [3.8, 4) is 0 Å². The molecule has 0 heterocycles. The number of rotatable bonds is 43. The molecule has 0 radical (unpaired) electrons. The Hall–Kier alpha value is -3.72. The Morgan fingerprint density at radius 3 is 1.39 bits per heavy atom. The van der Waals surface area contributed by atoms with Crippen LogP contribution in [0, 0.1) is 0 Å². The number of allylic oxidation sites excluding steroid dienone is 12. The van der Waals surface area contributed by atoms with E-state index in [1.54, 1.807) is 0 Å². The second-order valence-electron chi connectivity index (χ2n) is 16.2. The van der Waals surface area contributed by atoms with E-state index in [-0.39, 0.29) is 30.9 Å². The molecule has 0 aliphatic rings. The highest BCUT2D eigenvalue weighted by molar-refractivity contribution is 5.87. The Labute approximate surface area is 372 Å². The third-order valence-corrected chi connectivity index (χ3v) is 10.5. The molecular weight excluding hydrogens is 765 g/mol. The van der Waals surface area contributed by atoms with Gasteiger partial charge in [-0.2, -0.15) is 0 Å². The Kier molecular flexibility index (Phi) is 43.0. The average molecular weight is 853 g/mol. The number of hydrogen-bond donors (Lipinski definition) is 4. The van der Waals surface area contributed by atoms with Crippen LogP contribution in [0.4, 0.5) is 0 Å². The maximum absolute atomic E-state index is 12.8. The molecule has 2 unspecified atom stereocenters. The highest BCUT2D eigenvalue weighted by atomic mass is 16.5. The van der Waals surface area contributed by atoms with Gasteiger partial charge in [-0.05, 0) is 89.9 Å². The first-order chi connectivity index (χ1) is 29.8. The molecule has 2 atom stereocenters. The van der Waals surface area contributed by atoms with Crippen LogP contribution in [0.1, 0.15) is 206 Å². The van der Waals surface area contributed by atoms with Crippen LogP contribution in [0.5, 0.6) is 0 Å². The summed E-state index contributed by atoms with van der Waals surface area (Å²) in [4.78, 5) is 47.7. The number of ether oxygens (including phenoxy) is 1. The van der Waals surface area contributed by atoms with Crippen molar-refractivity contribution in [2.45, 2.75) is 219 Å². The summed E-state index contributed by atoms with van der Waals surface area (Å²) in [6.45, 7) is 3.37. The molecule has 0 bridgehead atoms. The Bertz CT molecular complexity index is 1250. The lowest BCUT2D eigenvalue weighted by molar-refractivity contribution is -0.150. The minimum absolute atomic E-state index is 0.0394. The van der Waals surface area contributed by atoms with Gasteiger partial charge in [0.05, 0.1) is 13.2 Å². The molecule has 0 aromatic rings. The molecule has 9 heteroatoms. The van der Waals surface area contributed by atoms with Gasteiger partial charge in [0.15, 0.2) is 0 Å². The SMILES string of the molecule is CC/C=C\C/C=C\C/C=C\C/C=C\C/C=C\C/C=C\CCCCC(=O)OC(CCCCCCCCCCCCCC)CCCCCCCC(=O)NCC(=O)NC(CO)C(=O)O. The van der Waals surface area contributed by atoms with Crippen molar-refractivity contribution < 1.29 is 34.1 Å². The van der Waals surface area contributed by atoms with Crippen molar-refractivity contribution in [2.75, 3.05) is 13.2 Å². The molecule has 0 saturated heterocycles. The first-order valence-corrected chi connectivity index (χ1v) is 24.3. The maximum Gasteiger partial charge on any atom is 0.328 e. The molecule has 0 aromatic heterocycles. The summed E-state index contributed by atoms with van der Waals surface area (Å²) in [6.07, 6.45) is 57.9. The number of aliphatic carboxylic acids is 1. The quantitative estimate of drug-likeness (QED) is 0.0272. The van der Waals surface area contributed by atoms with E-state index in [2.05, 4.69) is 97.4 Å². The first-order valence-electron chi connectivity index (χ1n) is 24.3. The number of hydrogen-bond acceptors (Lipinski definition) is 6. The Morgan fingerprint density at radius 2 is 0.934 bits per heavy atom. The highest BCUT2D eigenvalue weighted by Crippen LogP contribution is 2.19. The van der Waals surface area contributed by atoms with Gasteiger partial charge in [0.25, 0.3) is 0 Å². The van der Waals surface area contributed by atoms with Crippen LogP contribution in [0.15, 0.2) is 72.9 Å². The van der Waals surface area contributed by atoms with E-state index >= 15 is 0 Å². The van der Waals surface area contributed by atoms with Gasteiger partial charge in [-0.25, -0.2) is 4.79 Å². The molecule has 0 aliphatic carbocycles. The number of carboxylic acid groups (broad SMARTS) is 1. The maximum atomic E-state index is 12.8. The van der Waals surface area contributed by atoms with Crippen LogP contribution in [-0.4, -0.2) is 59.3 Å². The zero-order valence-electron chi connectivity index (χ0n) is 38.6. The predicted octanol–water partition coefficient (Wildman–Crippen LogP) is 12.7. The van der Waals surface area contributed by atoms with E-state index in [4.69, 9.17) is 14.9 Å². The highest BCUT2D eigenvalue weighted by Gasteiger charge is 2.19. The fourth-order valence-electron chi connectivity index (χ4n) is 6.78. The van der Waals surface area contributed by atoms with Crippen molar-refractivity contribution in [1.82, 2.24) is 10.6 Å². The normalized spacial score (nSPS) is 13.1. The standard InChI is InChI=1S/C52H88N2O7/c1-3-5-7-9-11-13-15-17-18-19-20-21-22-23-24-25-27-29-31-36-40-44-51(58)61-47(41-37-33-30-28-26-16-14-12-10-8-6-4-2)42-38-34-32-35-39-43-49(56)53-45-50(57)54-48(46-55)52(59)60/h5,7,11,13,17-18,20-21,23-24,27,29,47-48,55H,3-4,6,8-10,12,14-16,19,22,25-26,28,30-46H2,1-2H3,(H,53,56)(H,54,57)(H,59,60)/b7-5-,13-11-,18-17-,21-20-,24-23-,29-27-. The number of amides is 2. The van der Waals surface area contributed by atoms with Crippen molar-refractivity contribution in [3.63, 3.8) is 0 Å². The minimum Gasteiger partial charge on any atom is -0.480 e. The topological polar surface area (TPSA) is 142 Å². The number of aliphatic hydroxyl groups excluding tert-OH is 1. The molecule has 0 saturated carbocycles. The lowest BCUT2D eigenvalue weighted by Crippen LogP contribution is -2.47. The van der Waals surface area contributed by atoms with Gasteiger partial charge in [-0.1, -0.05) is 177 Å². The Morgan fingerprint density at radius 1 is 0.508 bits per heavy atom. The zero-order valence-corrected chi connectivity index (χ0v) is 38.6. The van der Waals surface area contributed by atoms with Gasteiger partial charge in [0.1, 0.15) is 12.1 Å². The summed E-state index contributed by atoms with van der Waals surface area (Å²) in [5, 5.41) is 22.6. The average Bonchev–Trinajstić information content (AvgIpc) is 3.25. The molecule has 2 amide bonds. The van der Waals surface area contributed by atoms with E-state index in [0.29, 0.717) is 12.8 Å². The van der Waals surface area contributed by atoms with Crippen LogP contribution in [0.2, 0.25) is 0 Å². The molecule has 4 N–H and O–H groups in total. The molecule has 9 nitrogen and oxygen atoms in total. The number of nitrogens with one attached hydrogen (secondary N) is 2. The van der Waals surface area contributed by atoms with Crippen molar-refractivity contribution >= 4 is 23.8 Å². The summed E-state index contributed by atoms with van der Waals surface area (Å²) in [7, 11) is 0. The summed E-state index contributed by atoms with van der Waals surface area (Å²) in [6, 6.07) is -1.39. The summed E-state index contributed by atoms with van der Waals surface area (Å²) >= 11 is 0. The summed E-state index contributed by atoms with van der Waals surface area (Å²) < 4.78 is 6.03. The Balaban J connectivity index is 4.38. The van der Waals surface area contributed by atoms with Gasteiger partial charge in [0.2, 0.25) is 11.8 Å². The van der Waals surface area contributed by atoms with Gasteiger partial charge in [0, 0.05) is 12.8 Å². The van der Waals surface area contributed by atoms with Gasteiger partial charge >= 0.3 is 11.9 Å². The zero-order chi connectivity index (χ0) is 44.7. The summed E-state index contributed by atoms with van der Waals surface area (Å²) in [5.74, 6) is -2.34. The fourth-order valence-corrected chi connectivity index (χ4v) is 6.78. The van der Waals surface area contributed by atoms with Crippen LogP contribution in [0.25, 0.3) is 0 Å². The minimum atomic E-state index is -1.39. The van der Waals surface area contributed by atoms with Gasteiger partial charge in [-0.15, -0.1) is 0 Å². The molecule has 0 aliphatic heterocycles. The monoisotopic (exact) mass is 853 g/mol. The lowest BCUT2D eigenvalue weighted by atomic mass is 10.0. The second-order valence-corrected chi connectivity index (χ2v) is 16.2. The number of aliphatic hydroxyl groups is 1.